The van der Waals surface area contributed by atoms with Crippen molar-refractivity contribution < 1.29 is 13.2 Å². The molecule has 0 N–H and O–H groups in total. The SMILES string of the molecule is CN(CC1CC(Cl)C1)S(=O)(=O)CC1CCCO1. The highest BCUT2D eigenvalue weighted by Crippen LogP contribution is 2.32. The predicted octanol–water partition coefficient (Wildman–Crippen LogP) is 1.44. The Bertz CT molecular complexity index is 348. The molecule has 0 amide bonds. The van der Waals surface area contributed by atoms with Gasteiger partial charge in [-0.2, -0.15) is 0 Å². The van der Waals surface area contributed by atoms with Crippen LogP contribution in [0.4, 0.5) is 0 Å². The van der Waals surface area contributed by atoms with E-state index in [2.05, 4.69) is 0 Å². The van der Waals surface area contributed by atoms with Gasteiger partial charge in [-0.3, -0.25) is 0 Å². The summed E-state index contributed by atoms with van der Waals surface area (Å²) in [5, 5.41) is 0.245. The summed E-state index contributed by atoms with van der Waals surface area (Å²) >= 11 is 5.89. The summed E-state index contributed by atoms with van der Waals surface area (Å²) in [6.07, 6.45) is 3.59. The zero-order valence-corrected chi connectivity index (χ0v) is 11.7. The minimum Gasteiger partial charge on any atom is -0.377 e. The molecule has 0 radical (unpaired) electrons. The fourth-order valence-corrected chi connectivity index (χ4v) is 4.35. The van der Waals surface area contributed by atoms with Crippen molar-refractivity contribution in [2.24, 2.45) is 5.92 Å². The molecule has 1 aliphatic carbocycles. The third-order valence-electron chi connectivity index (χ3n) is 3.59. The van der Waals surface area contributed by atoms with Crippen molar-refractivity contribution >= 4 is 21.6 Å². The van der Waals surface area contributed by atoms with Crippen LogP contribution in [0.15, 0.2) is 0 Å². The summed E-state index contributed by atoms with van der Waals surface area (Å²) in [6.45, 7) is 1.29. The van der Waals surface area contributed by atoms with E-state index in [0.717, 1.165) is 25.7 Å². The molecular weight excluding hydrogens is 262 g/mol. The summed E-state index contributed by atoms with van der Waals surface area (Å²) in [4.78, 5) is 0. The predicted molar refractivity (Wildman–Crippen MR) is 67.8 cm³/mol. The molecule has 1 atom stereocenters. The number of hydrogen-bond donors (Lipinski definition) is 0. The van der Waals surface area contributed by atoms with Crippen LogP contribution in [0.2, 0.25) is 0 Å². The van der Waals surface area contributed by atoms with Gasteiger partial charge in [-0.1, -0.05) is 0 Å². The molecule has 17 heavy (non-hydrogen) atoms. The molecule has 0 aromatic heterocycles. The average molecular weight is 282 g/mol. The van der Waals surface area contributed by atoms with Crippen molar-refractivity contribution in [1.82, 2.24) is 4.31 Å². The van der Waals surface area contributed by atoms with Gasteiger partial charge in [0.1, 0.15) is 0 Å². The quantitative estimate of drug-likeness (QED) is 0.717. The van der Waals surface area contributed by atoms with E-state index in [0.29, 0.717) is 19.1 Å². The van der Waals surface area contributed by atoms with Crippen molar-refractivity contribution in [1.29, 1.82) is 0 Å². The van der Waals surface area contributed by atoms with Gasteiger partial charge in [-0.15, -0.1) is 11.6 Å². The molecule has 100 valence electrons. The standard InChI is InChI=1S/C11H20ClNO3S/c1-13(7-9-5-10(12)6-9)17(14,15)8-11-3-2-4-16-11/h9-11H,2-8H2,1H3. The van der Waals surface area contributed by atoms with Gasteiger partial charge in [0.2, 0.25) is 10.0 Å². The topological polar surface area (TPSA) is 46.6 Å². The van der Waals surface area contributed by atoms with Gasteiger partial charge < -0.3 is 4.74 Å². The molecule has 6 heteroatoms. The van der Waals surface area contributed by atoms with Crippen LogP contribution in [-0.4, -0.2) is 50.2 Å². The van der Waals surface area contributed by atoms with Crippen LogP contribution in [0.3, 0.4) is 0 Å². The second-order valence-corrected chi connectivity index (χ2v) is 7.87. The van der Waals surface area contributed by atoms with Gasteiger partial charge in [0, 0.05) is 25.6 Å². The second kappa shape index (κ2) is 5.43. The molecule has 2 fully saturated rings. The lowest BCUT2D eigenvalue weighted by Gasteiger charge is -2.33. The lowest BCUT2D eigenvalue weighted by atomic mass is 9.85. The van der Waals surface area contributed by atoms with Gasteiger partial charge in [-0.25, -0.2) is 12.7 Å². The van der Waals surface area contributed by atoms with Gasteiger partial charge in [0.25, 0.3) is 0 Å². The number of nitrogens with zero attached hydrogens (tertiary/aromatic N) is 1. The molecule has 1 aliphatic heterocycles. The van der Waals surface area contributed by atoms with E-state index in [1.54, 1.807) is 7.05 Å². The van der Waals surface area contributed by atoms with Crippen LogP contribution in [0.5, 0.6) is 0 Å². The maximum absolute atomic E-state index is 12.1. The third-order valence-corrected chi connectivity index (χ3v) is 5.84. The lowest BCUT2D eigenvalue weighted by Crippen LogP contribution is -2.40. The zero-order chi connectivity index (χ0) is 12.5. The summed E-state index contributed by atoms with van der Waals surface area (Å²) < 4.78 is 31.0. The van der Waals surface area contributed by atoms with E-state index < -0.39 is 10.0 Å². The average Bonchev–Trinajstić information content (AvgIpc) is 2.67. The maximum Gasteiger partial charge on any atom is 0.216 e. The highest BCUT2D eigenvalue weighted by atomic mass is 35.5. The molecule has 1 saturated heterocycles. The van der Waals surface area contributed by atoms with E-state index >= 15 is 0 Å². The summed E-state index contributed by atoms with van der Waals surface area (Å²) in [7, 11) is -1.51. The fraction of sp³-hybridized carbons (Fsp3) is 1.00. The number of hydrogen-bond acceptors (Lipinski definition) is 3. The molecule has 4 nitrogen and oxygen atoms in total. The highest BCUT2D eigenvalue weighted by Gasteiger charge is 2.32. The van der Waals surface area contributed by atoms with Crippen LogP contribution >= 0.6 is 11.6 Å². The third kappa shape index (κ3) is 3.56. The fourth-order valence-electron chi connectivity index (χ4n) is 2.42. The van der Waals surface area contributed by atoms with Crippen LogP contribution in [0.1, 0.15) is 25.7 Å². The first-order valence-electron chi connectivity index (χ1n) is 6.17. The van der Waals surface area contributed by atoms with Crippen LogP contribution in [-0.2, 0) is 14.8 Å². The molecule has 0 aromatic carbocycles. The largest absolute Gasteiger partial charge is 0.377 e. The van der Waals surface area contributed by atoms with Crippen LogP contribution < -0.4 is 0 Å². The van der Waals surface area contributed by atoms with E-state index in [4.69, 9.17) is 16.3 Å². The van der Waals surface area contributed by atoms with Crippen molar-refractivity contribution in [2.75, 3.05) is 26.0 Å². The molecule has 1 unspecified atom stereocenters. The van der Waals surface area contributed by atoms with E-state index in [1.165, 1.54) is 4.31 Å². The van der Waals surface area contributed by atoms with Crippen molar-refractivity contribution in [3.8, 4) is 0 Å². The summed E-state index contributed by atoms with van der Waals surface area (Å²) in [5.41, 5.74) is 0. The molecule has 2 rings (SSSR count). The monoisotopic (exact) mass is 281 g/mol. The highest BCUT2D eigenvalue weighted by molar-refractivity contribution is 7.89. The minimum absolute atomic E-state index is 0.107. The molecule has 1 saturated carbocycles. The van der Waals surface area contributed by atoms with Gasteiger partial charge >= 0.3 is 0 Å². The number of rotatable bonds is 5. The van der Waals surface area contributed by atoms with Crippen molar-refractivity contribution in [2.45, 2.75) is 37.2 Å². The Labute approximate surface area is 108 Å². The van der Waals surface area contributed by atoms with Crippen LogP contribution in [0.25, 0.3) is 0 Å². The number of sulfonamides is 1. The Morgan fingerprint density at radius 1 is 1.41 bits per heavy atom. The normalized spacial score (nSPS) is 33.9. The van der Waals surface area contributed by atoms with Crippen molar-refractivity contribution in [3.05, 3.63) is 0 Å². The molecule has 1 heterocycles. The first-order chi connectivity index (χ1) is 7.97. The molecule has 0 aromatic rings. The number of alkyl halides is 1. The Kier molecular flexibility index (Phi) is 4.34. The van der Waals surface area contributed by atoms with E-state index in [1.807, 2.05) is 0 Å². The van der Waals surface area contributed by atoms with Crippen LogP contribution in [0, 0.1) is 5.92 Å². The Hall–Kier alpha value is 0.160. The zero-order valence-electron chi connectivity index (χ0n) is 10.1. The Morgan fingerprint density at radius 2 is 2.12 bits per heavy atom. The summed E-state index contributed by atoms with van der Waals surface area (Å²) in [6, 6.07) is 0. The van der Waals surface area contributed by atoms with Gasteiger partial charge in [0.05, 0.1) is 11.9 Å². The Morgan fingerprint density at radius 3 is 2.65 bits per heavy atom. The summed E-state index contributed by atoms with van der Waals surface area (Å²) in [5.74, 6) is 0.558. The Balaban J connectivity index is 1.81. The van der Waals surface area contributed by atoms with E-state index in [9.17, 15) is 8.42 Å². The number of ether oxygens (including phenoxy) is 1. The smallest absolute Gasteiger partial charge is 0.216 e. The lowest BCUT2D eigenvalue weighted by molar-refractivity contribution is 0.126. The second-order valence-electron chi connectivity index (χ2n) is 5.13. The van der Waals surface area contributed by atoms with E-state index in [-0.39, 0.29) is 17.2 Å². The first-order valence-corrected chi connectivity index (χ1v) is 8.21. The van der Waals surface area contributed by atoms with Gasteiger partial charge in [-0.05, 0) is 31.6 Å². The molecule has 0 spiro atoms. The molecule has 0 bridgehead atoms. The molecule has 2 aliphatic rings. The number of halogens is 1. The van der Waals surface area contributed by atoms with Crippen molar-refractivity contribution in [3.63, 3.8) is 0 Å². The molecular formula is C11H20ClNO3S. The first kappa shape index (κ1) is 13.6. The van der Waals surface area contributed by atoms with Gasteiger partial charge in [0.15, 0.2) is 0 Å². The minimum atomic E-state index is -3.17. The maximum atomic E-state index is 12.1.